The maximum Gasteiger partial charge on any atom is 0.219 e. The van der Waals surface area contributed by atoms with Crippen LogP contribution in [0.5, 0.6) is 0 Å². The van der Waals surface area contributed by atoms with E-state index in [1.807, 2.05) is 18.3 Å². The van der Waals surface area contributed by atoms with Gasteiger partial charge in [0.15, 0.2) is 5.82 Å². The van der Waals surface area contributed by atoms with Crippen LogP contribution in [0.2, 0.25) is 0 Å². The van der Waals surface area contributed by atoms with Crippen molar-refractivity contribution >= 4 is 22.6 Å². The van der Waals surface area contributed by atoms with Crippen molar-refractivity contribution in [3.8, 4) is 11.4 Å². The Hall–Kier alpha value is -3.81. The number of nitrogens with zero attached hydrogens (tertiary/aromatic N) is 4. The average Bonchev–Trinajstić information content (AvgIpc) is 3.21. The number of carbonyl (C=O) groups is 1. The molecule has 1 aliphatic rings. The Morgan fingerprint density at radius 2 is 2.12 bits per heavy atom. The van der Waals surface area contributed by atoms with Crippen LogP contribution < -0.4 is 5.32 Å². The molecule has 1 aliphatic heterocycles. The molecule has 4 aromatic rings. The number of amides is 1. The zero-order chi connectivity index (χ0) is 22.1. The highest BCUT2D eigenvalue weighted by Gasteiger charge is 2.24. The van der Waals surface area contributed by atoms with E-state index in [4.69, 9.17) is 4.98 Å². The molecule has 0 fully saturated rings. The summed E-state index contributed by atoms with van der Waals surface area (Å²) >= 11 is 0. The van der Waals surface area contributed by atoms with Crippen LogP contribution in [0.4, 0.5) is 10.2 Å². The van der Waals surface area contributed by atoms with E-state index in [9.17, 15) is 9.18 Å². The van der Waals surface area contributed by atoms with Crippen LogP contribution >= 0.6 is 0 Å². The van der Waals surface area contributed by atoms with Crippen molar-refractivity contribution in [1.82, 2.24) is 24.8 Å². The molecule has 162 valence electrons. The number of pyridine rings is 1. The Labute approximate surface area is 184 Å². The van der Waals surface area contributed by atoms with Gasteiger partial charge in [-0.25, -0.2) is 14.4 Å². The standard InChI is InChI=1S/C24H23FN6O/c1-15(32)31-9-7-20-22(14-31)29-23(17-10-18(25)13-26-11-17)30-24(20)27-8-6-16-12-28-21-5-3-2-4-19(16)21/h2-5,10-13,28H,6-9,14H2,1H3,(H,27,29,30). The highest BCUT2D eigenvalue weighted by atomic mass is 19.1. The largest absolute Gasteiger partial charge is 0.369 e. The molecule has 3 aromatic heterocycles. The Morgan fingerprint density at radius 3 is 2.97 bits per heavy atom. The molecule has 0 bridgehead atoms. The van der Waals surface area contributed by atoms with Crippen LogP contribution in [0.15, 0.2) is 48.9 Å². The van der Waals surface area contributed by atoms with Crippen LogP contribution in [0.25, 0.3) is 22.3 Å². The summed E-state index contributed by atoms with van der Waals surface area (Å²) in [5.74, 6) is 0.702. The van der Waals surface area contributed by atoms with Gasteiger partial charge in [0, 0.05) is 54.4 Å². The minimum absolute atomic E-state index is 0.0112. The van der Waals surface area contributed by atoms with Crippen molar-refractivity contribution in [2.75, 3.05) is 18.4 Å². The van der Waals surface area contributed by atoms with E-state index in [0.717, 1.165) is 35.2 Å². The molecule has 1 amide bonds. The number of hydrogen-bond donors (Lipinski definition) is 2. The van der Waals surface area contributed by atoms with E-state index in [1.54, 1.807) is 18.0 Å². The fourth-order valence-corrected chi connectivity index (χ4v) is 4.16. The first-order valence-corrected chi connectivity index (χ1v) is 10.6. The summed E-state index contributed by atoms with van der Waals surface area (Å²) in [4.78, 5) is 30.3. The van der Waals surface area contributed by atoms with Gasteiger partial charge in [-0.15, -0.1) is 0 Å². The zero-order valence-electron chi connectivity index (χ0n) is 17.7. The second kappa shape index (κ2) is 8.37. The second-order valence-electron chi connectivity index (χ2n) is 7.94. The molecule has 0 aliphatic carbocycles. The number of hydrogen-bond acceptors (Lipinski definition) is 5. The van der Waals surface area contributed by atoms with Crippen LogP contribution in [-0.4, -0.2) is 43.8 Å². The average molecular weight is 430 g/mol. The third-order valence-electron chi connectivity index (χ3n) is 5.84. The van der Waals surface area contributed by atoms with Gasteiger partial charge in [0.05, 0.1) is 18.4 Å². The minimum Gasteiger partial charge on any atom is -0.369 e. The lowest BCUT2D eigenvalue weighted by Crippen LogP contribution is -2.35. The van der Waals surface area contributed by atoms with Gasteiger partial charge in [0.25, 0.3) is 0 Å². The summed E-state index contributed by atoms with van der Waals surface area (Å²) in [6.07, 6.45) is 6.23. The highest BCUT2D eigenvalue weighted by molar-refractivity contribution is 5.83. The topological polar surface area (TPSA) is 86.8 Å². The Balaban J connectivity index is 1.44. The molecule has 1 aromatic carbocycles. The monoisotopic (exact) mass is 430 g/mol. The molecular weight excluding hydrogens is 407 g/mol. The number of halogens is 1. The van der Waals surface area contributed by atoms with Gasteiger partial charge in [-0.3, -0.25) is 9.78 Å². The van der Waals surface area contributed by atoms with Gasteiger partial charge in [-0.1, -0.05) is 18.2 Å². The lowest BCUT2D eigenvalue weighted by Gasteiger charge is -2.28. The summed E-state index contributed by atoms with van der Waals surface area (Å²) in [5.41, 5.74) is 4.65. The van der Waals surface area contributed by atoms with Crippen molar-refractivity contribution in [3.05, 3.63) is 71.6 Å². The summed E-state index contributed by atoms with van der Waals surface area (Å²) in [6, 6.07) is 9.59. The molecule has 8 heteroatoms. The number of aromatic amines is 1. The Morgan fingerprint density at radius 1 is 1.25 bits per heavy atom. The first-order valence-electron chi connectivity index (χ1n) is 10.6. The maximum absolute atomic E-state index is 13.8. The summed E-state index contributed by atoms with van der Waals surface area (Å²) < 4.78 is 13.8. The van der Waals surface area contributed by atoms with Gasteiger partial charge in [0.1, 0.15) is 11.6 Å². The first kappa shape index (κ1) is 20.1. The fraction of sp³-hybridized carbons (Fsp3) is 0.250. The van der Waals surface area contributed by atoms with Gasteiger partial charge in [-0.2, -0.15) is 0 Å². The van der Waals surface area contributed by atoms with Crippen molar-refractivity contribution in [2.45, 2.75) is 26.3 Å². The van der Waals surface area contributed by atoms with Crippen LogP contribution in [0.3, 0.4) is 0 Å². The number of anilines is 1. The van der Waals surface area contributed by atoms with E-state index >= 15 is 0 Å². The van der Waals surface area contributed by atoms with Crippen molar-refractivity contribution in [3.63, 3.8) is 0 Å². The minimum atomic E-state index is -0.442. The third kappa shape index (κ3) is 3.91. The molecule has 0 radical (unpaired) electrons. The molecular formula is C24H23FN6O. The van der Waals surface area contributed by atoms with Gasteiger partial charge >= 0.3 is 0 Å². The first-order chi connectivity index (χ1) is 15.6. The number of rotatable bonds is 5. The number of nitrogens with one attached hydrogen (secondary N) is 2. The van der Waals surface area contributed by atoms with Crippen molar-refractivity contribution in [2.24, 2.45) is 0 Å². The highest BCUT2D eigenvalue weighted by Crippen LogP contribution is 2.27. The molecule has 0 atom stereocenters. The van der Waals surface area contributed by atoms with E-state index in [1.165, 1.54) is 17.0 Å². The zero-order valence-corrected chi connectivity index (χ0v) is 17.7. The molecule has 7 nitrogen and oxygen atoms in total. The van der Waals surface area contributed by atoms with Gasteiger partial charge in [-0.05, 0) is 30.5 Å². The summed E-state index contributed by atoms with van der Waals surface area (Å²) in [5, 5.41) is 4.67. The molecule has 2 N–H and O–H groups in total. The van der Waals surface area contributed by atoms with Crippen molar-refractivity contribution in [1.29, 1.82) is 0 Å². The Kier molecular flexibility index (Phi) is 5.26. The lowest BCUT2D eigenvalue weighted by molar-refractivity contribution is -0.129. The molecule has 0 saturated carbocycles. The molecule has 0 saturated heterocycles. The van der Waals surface area contributed by atoms with E-state index in [0.29, 0.717) is 37.4 Å². The molecule has 0 spiro atoms. The molecule has 4 heterocycles. The van der Waals surface area contributed by atoms with Crippen molar-refractivity contribution < 1.29 is 9.18 Å². The fourth-order valence-electron chi connectivity index (χ4n) is 4.16. The number of fused-ring (bicyclic) bond motifs is 2. The third-order valence-corrected chi connectivity index (χ3v) is 5.84. The summed E-state index contributed by atoms with van der Waals surface area (Å²) in [6.45, 7) is 3.29. The number of carbonyl (C=O) groups excluding carboxylic acids is 1. The Bertz CT molecular complexity index is 1300. The SMILES string of the molecule is CC(=O)N1CCc2c(nc(-c3cncc(F)c3)nc2NCCc2c[nH]c3ccccc23)C1. The molecule has 0 unspecified atom stereocenters. The lowest BCUT2D eigenvalue weighted by atomic mass is 10.0. The van der Waals surface area contributed by atoms with Crippen LogP contribution in [0.1, 0.15) is 23.7 Å². The van der Waals surface area contributed by atoms with E-state index in [2.05, 4.69) is 32.4 Å². The molecule has 5 rings (SSSR count). The molecule has 32 heavy (non-hydrogen) atoms. The van der Waals surface area contributed by atoms with Crippen LogP contribution in [0, 0.1) is 5.82 Å². The quantitative estimate of drug-likeness (QED) is 0.504. The number of H-pyrrole nitrogens is 1. The van der Waals surface area contributed by atoms with Crippen LogP contribution in [-0.2, 0) is 24.2 Å². The maximum atomic E-state index is 13.8. The number of para-hydroxylation sites is 1. The predicted molar refractivity (Wildman–Crippen MR) is 121 cm³/mol. The number of aromatic nitrogens is 4. The predicted octanol–water partition coefficient (Wildman–Crippen LogP) is 3.72. The van der Waals surface area contributed by atoms with E-state index in [-0.39, 0.29) is 5.91 Å². The summed E-state index contributed by atoms with van der Waals surface area (Å²) in [7, 11) is 0. The van der Waals surface area contributed by atoms with Gasteiger partial charge in [0.2, 0.25) is 5.91 Å². The number of benzene rings is 1. The normalized spacial score (nSPS) is 13.2. The van der Waals surface area contributed by atoms with Gasteiger partial charge < -0.3 is 15.2 Å². The smallest absolute Gasteiger partial charge is 0.219 e. The second-order valence-corrected chi connectivity index (χ2v) is 7.94. The van der Waals surface area contributed by atoms with E-state index < -0.39 is 5.82 Å².